The zero-order chi connectivity index (χ0) is 26.8. The van der Waals surface area contributed by atoms with Crippen LogP contribution in [0.3, 0.4) is 0 Å². The Balaban J connectivity index is 3.39. The Bertz CT molecular complexity index is 961. The lowest BCUT2D eigenvalue weighted by Crippen LogP contribution is -2.52. The number of rotatable bonds is 11. The molecule has 1 rings (SSSR count). The van der Waals surface area contributed by atoms with E-state index in [0.717, 1.165) is 35.3 Å². The van der Waals surface area contributed by atoms with E-state index in [2.05, 4.69) is 23.6 Å². The molecular formula is C26H38N4O5. The van der Waals surface area contributed by atoms with Gasteiger partial charge in [-0.3, -0.25) is 19.3 Å². The van der Waals surface area contributed by atoms with E-state index in [1.807, 2.05) is 26.0 Å². The molecule has 35 heavy (non-hydrogen) atoms. The highest BCUT2D eigenvalue weighted by molar-refractivity contribution is 5.95. The second kappa shape index (κ2) is 13.4. The zero-order valence-electron chi connectivity index (χ0n) is 21.6. The van der Waals surface area contributed by atoms with Gasteiger partial charge < -0.3 is 21.1 Å². The molecule has 0 saturated carbocycles. The highest BCUT2D eigenvalue weighted by Crippen LogP contribution is 2.26. The van der Waals surface area contributed by atoms with Gasteiger partial charge in [-0.25, -0.2) is 4.79 Å². The summed E-state index contributed by atoms with van der Waals surface area (Å²) in [6.45, 7) is 11.1. The molecule has 0 aliphatic heterocycles. The predicted molar refractivity (Wildman–Crippen MR) is 134 cm³/mol. The van der Waals surface area contributed by atoms with Gasteiger partial charge in [-0.1, -0.05) is 50.0 Å². The van der Waals surface area contributed by atoms with Crippen LogP contribution in [0.4, 0.5) is 4.79 Å². The molecule has 0 fully saturated rings. The molecule has 9 nitrogen and oxygen atoms in total. The van der Waals surface area contributed by atoms with Gasteiger partial charge in [0.25, 0.3) is 5.91 Å². The smallest absolute Gasteiger partial charge is 0.408 e. The molecule has 0 aliphatic carbocycles. The van der Waals surface area contributed by atoms with Gasteiger partial charge in [-0.05, 0) is 52.2 Å². The van der Waals surface area contributed by atoms with E-state index in [4.69, 9.17) is 16.9 Å². The van der Waals surface area contributed by atoms with Crippen LogP contribution in [0.5, 0.6) is 0 Å². The Kier molecular flexibility index (Phi) is 11.3. The molecule has 1 aromatic rings. The number of hydrogen-bond acceptors (Lipinski definition) is 5. The molecule has 9 heteroatoms. The molecular weight excluding hydrogens is 448 g/mol. The standard InChI is InChI=1S/C26H38N4O5/c1-8-10-11-14-28-23(32)22(19-15-17(3)12-13-18(19)4)30(9-2)24(33)20(16-21(27)31)29-25(34)35-26(5,6)7/h2,12-13,15,20,22H,8,10-11,14,16H2,1,3-7H3,(H2,27,31)(H,28,32)(H,29,34). The number of nitrogens with one attached hydrogen (secondary N) is 2. The molecule has 0 heterocycles. The minimum Gasteiger partial charge on any atom is -0.444 e. The third kappa shape index (κ3) is 9.69. The van der Waals surface area contributed by atoms with Crippen molar-refractivity contribution in [3.05, 3.63) is 34.9 Å². The van der Waals surface area contributed by atoms with Gasteiger partial charge in [0.1, 0.15) is 17.7 Å². The van der Waals surface area contributed by atoms with Crippen molar-refractivity contribution < 1.29 is 23.9 Å². The molecule has 4 N–H and O–H groups in total. The molecule has 0 saturated heterocycles. The Morgan fingerprint density at radius 3 is 2.37 bits per heavy atom. The van der Waals surface area contributed by atoms with Gasteiger partial charge in [-0.2, -0.15) is 0 Å². The van der Waals surface area contributed by atoms with Crippen LogP contribution < -0.4 is 16.4 Å². The second-order valence-corrected chi connectivity index (χ2v) is 9.47. The summed E-state index contributed by atoms with van der Waals surface area (Å²) in [5.74, 6) is -2.12. The predicted octanol–water partition coefficient (Wildman–Crippen LogP) is 2.84. The van der Waals surface area contributed by atoms with Crippen molar-refractivity contribution in [2.24, 2.45) is 5.73 Å². The zero-order valence-corrected chi connectivity index (χ0v) is 21.6. The van der Waals surface area contributed by atoms with E-state index in [9.17, 15) is 19.2 Å². The van der Waals surface area contributed by atoms with Crippen molar-refractivity contribution in [2.45, 2.75) is 84.9 Å². The van der Waals surface area contributed by atoms with Gasteiger partial charge in [0, 0.05) is 12.6 Å². The Labute approximate surface area is 208 Å². The van der Waals surface area contributed by atoms with Crippen LogP contribution in [0.15, 0.2) is 18.2 Å². The normalized spacial score (nSPS) is 12.6. The van der Waals surface area contributed by atoms with Crippen molar-refractivity contribution in [2.75, 3.05) is 6.54 Å². The number of primary amides is 1. The summed E-state index contributed by atoms with van der Waals surface area (Å²) in [6, 6.07) is 5.20. The van der Waals surface area contributed by atoms with Crippen LogP contribution in [-0.4, -0.2) is 46.9 Å². The lowest BCUT2D eigenvalue weighted by molar-refractivity contribution is -0.139. The fourth-order valence-corrected chi connectivity index (χ4v) is 3.42. The van der Waals surface area contributed by atoms with Gasteiger partial charge in [-0.15, -0.1) is 0 Å². The molecule has 0 aromatic heterocycles. The van der Waals surface area contributed by atoms with Gasteiger partial charge in [0.05, 0.1) is 6.42 Å². The topological polar surface area (TPSA) is 131 Å². The molecule has 0 bridgehead atoms. The summed E-state index contributed by atoms with van der Waals surface area (Å²) in [7, 11) is 0. The SMILES string of the molecule is C#CN(C(=O)C(CC(N)=O)NC(=O)OC(C)(C)C)C(C(=O)NCCCCC)c1cc(C)ccc1C. The van der Waals surface area contributed by atoms with Crippen molar-refractivity contribution in [3.63, 3.8) is 0 Å². The summed E-state index contributed by atoms with van der Waals surface area (Å²) in [5, 5.41) is 5.22. The number of aryl methyl sites for hydroxylation is 2. The first-order valence-electron chi connectivity index (χ1n) is 11.7. The Morgan fingerprint density at radius 2 is 1.83 bits per heavy atom. The average Bonchev–Trinajstić information content (AvgIpc) is 2.74. The monoisotopic (exact) mass is 486 g/mol. The number of terminal acetylenes is 1. The maximum absolute atomic E-state index is 13.5. The first-order chi connectivity index (χ1) is 16.3. The molecule has 1 aromatic carbocycles. The molecule has 4 amide bonds. The highest BCUT2D eigenvalue weighted by atomic mass is 16.6. The first kappa shape index (κ1) is 29.5. The number of benzene rings is 1. The van der Waals surface area contributed by atoms with E-state index in [-0.39, 0.29) is 0 Å². The largest absolute Gasteiger partial charge is 0.444 e. The average molecular weight is 487 g/mol. The number of ether oxygens (including phenoxy) is 1. The number of carbonyl (C=O) groups excluding carboxylic acids is 4. The molecule has 0 radical (unpaired) electrons. The summed E-state index contributed by atoms with van der Waals surface area (Å²) in [4.78, 5) is 51.8. The lowest BCUT2D eigenvalue weighted by Gasteiger charge is -2.31. The van der Waals surface area contributed by atoms with Crippen LogP contribution in [-0.2, 0) is 19.1 Å². The lowest BCUT2D eigenvalue weighted by atomic mass is 9.96. The third-order valence-corrected chi connectivity index (χ3v) is 5.09. The van der Waals surface area contributed by atoms with E-state index < -0.39 is 47.9 Å². The quantitative estimate of drug-likeness (QED) is 0.251. The number of nitrogens with zero attached hydrogens (tertiary/aromatic N) is 1. The number of unbranched alkanes of at least 4 members (excludes halogenated alkanes) is 2. The number of alkyl carbamates (subject to hydrolysis) is 1. The molecule has 2 unspecified atom stereocenters. The maximum Gasteiger partial charge on any atom is 0.408 e. The van der Waals surface area contributed by atoms with E-state index in [0.29, 0.717) is 12.1 Å². The van der Waals surface area contributed by atoms with Crippen LogP contribution in [0, 0.1) is 26.3 Å². The number of carbonyl (C=O) groups is 4. The van der Waals surface area contributed by atoms with Gasteiger partial charge in [0.2, 0.25) is 11.8 Å². The highest BCUT2D eigenvalue weighted by Gasteiger charge is 2.37. The second-order valence-electron chi connectivity index (χ2n) is 9.47. The van der Waals surface area contributed by atoms with Crippen LogP contribution >= 0.6 is 0 Å². The Hall–Kier alpha value is -3.54. The third-order valence-electron chi connectivity index (χ3n) is 5.09. The van der Waals surface area contributed by atoms with Crippen LogP contribution in [0.25, 0.3) is 0 Å². The van der Waals surface area contributed by atoms with Crippen molar-refractivity contribution >= 4 is 23.8 Å². The molecule has 0 aliphatic rings. The van der Waals surface area contributed by atoms with E-state index in [1.165, 1.54) is 0 Å². The van der Waals surface area contributed by atoms with Crippen LogP contribution in [0.1, 0.15) is 76.1 Å². The van der Waals surface area contributed by atoms with E-state index >= 15 is 0 Å². The van der Waals surface area contributed by atoms with Crippen molar-refractivity contribution in [1.82, 2.24) is 15.5 Å². The fraction of sp³-hybridized carbons (Fsp3) is 0.538. The summed E-state index contributed by atoms with van der Waals surface area (Å²) in [6.07, 6.45) is 6.99. The van der Waals surface area contributed by atoms with Gasteiger partial charge in [0.15, 0.2) is 0 Å². The van der Waals surface area contributed by atoms with Crippen molar-refractivity contribution in [3.8, 4) is 12.5 Å². The number of hydrogen-bond donors (Lipinski definition) is 3. The number of nitrogens with two attached hydrogens (primary N) is 1. The first-order valence-corrected chi connectivity index (χ1v) is 11.7. The van der Waals surface area contributed by atoms with Crippen LogP contribution in [0.2, 0.25) is 0 Å². The number of amides is 4. The molecule has 0 spiro atoms. The summed E-state index contributed by atoms with van der Waals surface area (Å²) >= 11 is 0. The maximum atomic E-state index is 13.5. The van der Waals surface area contributed by atoms with Crippen molar-refractivity contribution in [1.29, 1.82) is 0 Å². The Morgan fingerprint density at radius 1 is 1.17 bits per heavy atom. The molecule has 192 valence electrons. The summed E-state index contributed by atoms with van der Waals surface area (Å²) in [5.41, 5.74) is 6.66. The summed E-state index contributed by atoms with van der Waals surface area (Å²) < 4.78 is 5.21. The van der Waals surface area contributed by atoms with E-state index in [1.54, 1.807) is 26.8 Å². The minimum absolute atomic E-state index is 0.418. The van der Waals surface area contributed by atoms with Gasteiger partial charge >= 0.3 is 6.09 Å². The molecule has 2 atom stereocenters. The fourth-order valence-electron chi connectivity index (χ4n) is 3.42. The minimum atomic E-state index is -1.42.